The Kier molecular flexibility index (Phi) is 6.85. The van der Waals surface area contributed by atoms with Gasteiger partial charge in [-0.2, -0.15) is 0 Å². The molecule has 0 aliphatic rings. The second kappa shape index (κ2) is 9.39. The summed E-state index contributed by atoms with van der Waals surface area (Å²) >= 11 is 1.11. The molecule has 1 unspecified atom stereocenters. The maximum Gasteiger partial charge on any atom is 0.280 e. The smallest absolute Gasteiger partial charge is 0.280 e. The monoisotopic (exact) mass is 436 g/mol. The summed E-state index contributed by atoms with van der Waals surface area (Å²) < 4.78 is 3.85. The first kappa shape index (κ1) is 22.6. The Bertz CT molecular complexity index is 1050. The summed E-state index contributed by atoms with van der Waals surface area (Å²) in [5.74, 6) is -0.603. The number of carbonyl (C=O) groups excluding carboxylic acids is 2. The zero-order chi connectivity index (χ0) is 22.6. The van der Waals surface area contributed by atoms with E-state index in [9.17, 15) is 9.59 Å². The number of nitrogens with zero attached hydrogens (tertiary/aromatic N) is 3. The van der Waals surface area contributed by atoms with Crippen LogP contribution in [0.1, 0.15) is 60.4 Å². The Balaban J connectivity index is 2.19. The molecule has 0 aliphatic carbocycles. The van der Waals surface area contributed by atoms with Gasteiger partial charge in [-0.1, -0.05) is 59.4 Å². The number of para-hydroxylation sites is 1. The Hall–Kier alpha value is -3.06. The minimum atomic E-state index is -0.860. The van der Waals surface area contributed by atoms with Crippen molar-refractivity contribution in [3.05, 3.63) is 76.3 Å². The van der Waals surface area contributed by atoms with Gasteiger partial charge in [-0.05, 0) is 62.8 Å². The van der Waals surface area contributed by atoms with Crippen LogP contribution in [-0.4, -0.2) is 26.9 Å². The highest BCUT2D eigenvalue weighted by atomic mass is 32.1. The van der Waals surface area contributed by atoms with E-state index >= 15 is 0 Å². The standard InChI is InChI=1S/C24H28N4O2S/c1-6-24(4,5)25-22(29)21(18-13-11-16(2)12-14-18)28(20-10-8-7-9-17(20)3)23(30)19-15-31-27-26-19/h7-15,21H,6H2,1-5H3,(H,25,29). The van der Waals surface area contributed by atoms with Crippen LogP contribution >= 0.6 is 11.5 Å². The van der Waals surface area contributed by atoms with Crippen molar-refractivity contribution >= 4 is 29.0 Å². The highest BCUT2D eigenvalue weighted by molar-refractivity contribution is 7.03. The van der Waals surface area contributed by atoms with Gasteiger partial charge in [0.05, 0.1) is 0 Å². The van der Waals surface area contributed by atoms with E-state index in [0.717, 1.165) is 34.6 Å². The minimum Gasteiger partial charge on any atom is -0.349 e. The number of nitrogens with one attached hydrogen (secondary N) is 1. The number of anilines is 1. The number of carbonyl (C=O) groups is 2. The van der Waals surface area contributed by atoms with Crippen LogP contribution in [-0.2, 0) is 4.79 Å². The van der Waals surface area contributed by atoms with Crippen molar-refractivity contribution in [1.29, 1.82) is 0 Å². The molecule has 1 aromatic heterocycles. The van der Waals surface area contributed by atoms with Gasteiger partial charge in [0.1, 0.15) is 6.04 Å². The van der Waals surface area contributed by atoms with E-state index < -0.39 is 11.6 Å². The summed E-state index contributed by atoms with van der Waals surface area (Å²) in [4.78, 5) is 28.8. The highest BCUT2D eigenvalue weighted by Gasteiger charge is 2.36. The third-order valence-corrected chi connectivity index (χ3v) is 5.92. The average molecular weight is 437 g/mol. The van der Waals surface area contributed by atoms with E-state index in [1.807, 2.05) is 83.1 Å². The lowest BCUT2D eigenvalue weighted by Crippen LogP contribution is -2.50. The first-order valence-corrected chi connectivity index (χ1v) is 11.1. The van der Waals surface area contributed by atoms with Crippen LogP contribution in [0.25, 0.3) is 0 Å². The van der Waals surface area contributed by atoms with Crippen molar-refractivity contribution in [3.63, 3.8) is 0 Å². The van der Waals surface area contributed by atoms with E-state index in [0.29, 0.717) is 5.69 Å². The molecule has 3 rings (SSSR count). The van der Waals surface area contributed by atoms with Crippen LogP contribution in [0.4, 0.5) is 5.69 Å². The molecule has 1 heterocycles. The molecule has 0 fully saturated rings. The predicted molar refractivity (Wildman–Crippen MR) is 124 cm³/mol. The topological polar surface area (TPSA) is 75.2 Å². The Morgan fingerprint density at radius 1 is 1.10 bits per heavy atom. The first-order chi connectivity index (χ1) is 14.7. The van der Waals surface area contributed by atoms with E-state index in [4.69, 9.17) is 0 Å². The fraction of sp³-hybridized carbons (Fsp3) is 0.333. The van der Waals surface area contributed by atoms with Crippen LogP contribution in [0.2, 0.25) is 0 Å². The predicted octanol–water partition coefficient (Wildman–Crippen LogP) is 4.85. The summed E-state index contributed by atoms with van der Waals surface area (Å²) in [5, 5.41) is 8.71. The molecule has 3 aromatic rings. The van der Waals surface area contributed by atoms with Crippen LogP contribution in [0.3, 0.4) is 0 Å². The van der Waals surface area contributed by atoms with Gasteiger partial charge >= 0.3 is 0 Å². The molecule has 0 aliphatic heterocycles. The minimum absolute atomic E-state index is 0.216. The maximum atomic E-state index is 13.7. The molecule has 2 amide bonds. The lowest BCUT2D eigenvalue weighted by Gasteiger charge is -2.35. The molecule has 0 spiro atoms. The van der Waals surface area contributed by atoms with E-state index in [-0.39, 0.29) is 17.5 Å². The summed E-state index contributed by atoms with van der Waals surface area (Å²) in [6, 6.07) is 14.4. The van der Waals surface area contributed by atoms with Crippen LogP contribution < -0.4 is 10.2 Å². The molecular formula is C24H28N4O2S. The number of hydrogen-bond donors (Lipinski definition) is 1. The van der Waals surface area contributed by atoms with Gasteiger partial charge < -0.3 is 5.32 Å². The molecule has 0 radical (unpaired) electrons. The molecular weight excluding hydrogens is 408 g/mol. The van der Waals surface area contributed by atoms with E-state index in [1.165, 1.54) is 4.90 Å². The third kappa shape index (κ3) is 5.17. The van der Waals surface area contributed by atoms with Gasteiger partial charge in [0.25, 0.3) is 5.91 Å². The second-order valence-corrected chi connectivity index (χ2v) is 8.90. The number of aryl methyl sites for hydroxylation is 2. The molecule has 6 nitrogen and oxygen atoms in total. The molecule has 0 saturated heterocycles. The van der Waals surface area contributed by atoms with Crippen molar-refractivity contribution in [2.75, 3.05) is 4.90 Å². The molecule has 162 valence electrons. The van der Waals surface area contributed by atoms with Gasteiger partial charge in [0, 0.05) is 16.6 Å². The van der Waals surface area contributed by atoms with Crippen LogP contribution in [0, 0.1) is 13.8 Å². The van der Waals surface area contributed by atoms with Gasteiger partial charge in [-0.3, -0.25) is 14.5 Å². The van der Waals surface area contributed by atoms with Crippen molar-refractivity contribution in [3.8, 4) is 0 Å². The summed E-state index contributed by atoms with van der Waals surface area (Å²) in [6.45, 7) is 9.88. The van der Waals surface area contributed by atoms with E-state index in [1.54, 1.807) is 5.38 Å². The third-order valence-electron chi connectivity index (χ3n) is 5.42. The first-order valence-electron chi connectivity index (χ1n) is 10.3. The molecule has 1 atom stereocenters. The molecule has 0 bridgehead atoms. The lowest BCUT2D eigenvalue weighted by atomic mass is 9.97. The van der Waals surface area contributed by atoms with Gasteiger partial charge in [0.15, 0.2) is 5.69 Å². The number of hydrogen-bond acceptors (Lipinski definition) is 5. The van der Waals surface area contributed by atoms with Crippen molar-refractivity contribution in [2.24, 2.45) is 0 Å². The maximum absolute atomic E-state index is 13.7. The summed E-state index contributed by atoms with van der Waals surface area (Å²) in [6.07, 6.45) is 0.758. The zero-order valence-corrected chi connectivity index (χ0v) is 19.4. The van der Waals surface area contributed by atoms with Gasteiger partial charge in [-0.15, -0.1) is 5.10 Å². The normalized spacial score (nSPS) is 12.3. The Morgan fingerprint density at radius 3 is 2.35 bits per heavy atom. The Morgan fingerprint density at radius 2 is 1.77 bits per heavy atom. The number of amides is 2. The largest absolute Gasteiger partial charge is 0.349 e. The Labute approximate surface area is 187 Å². The number of rotatable bonds is 7. The second-order valence-electron chi connectivity index (χ2n) is 8.29. The SMILES string of the molecule is CCC(C)(C)NC(=O)C(c1ccc(C)cc1)N(C(=O)c1csnn1)c1ccccc1C. The van der Waals surface area contributed by atoms with Gasteiger partial charge in [0.2, 0.25) is 5.91 Å². The summed E-state index contributed by atoms with van der Waals surface area (Å²) in [5.41, 5.74) is 3.16. The summed E-state index contributed by atoms with van der Waals surface area (Å²) in [7, 11) is 0. The van der Waals surface area contributed by atoms with Crippen LogP contribution in [0.15, 0.2) is 53.9 Å². The quantitative estimate of drug-likeness (QED) is 0.575. The average Bonchev–Trinajstić information content (AvgIpc) is 3.28. The number of aromatic nitrogens is 2. The van der Waals surface area contributed by atoms with Crippen molar-refractivity contribution < 1.29 is 9.59 Å². The fourth-order valence-corrected chi connectivity index (χ4v) is 3.67. The van der Waals surface area contributed by atoms with Crippen LogP contribution in [0.5, 0.6) is 0 Å². The molecule has 7 heteroatoms. The fourth-order valence-electron chi connectivity index (χ4n) is 3.24. The molecule has 0 saturated carbocycles. The van der Waals surface area contributed by atoms with Crippen molar-refractivity contribution in [1.82, 2.24) is 14.9 Å². The molecule has 2 aromatic carbocycles. The number of benzene rings is 2. The van der Waals surface area contributed by atoms with Crippen molar-refractivity contribution in [2.45, 2.75) is 52.6 Å². The van der Waals surface area contributed by atoms with Gasteiger partial charge in [-0.25, -0.2) is 0 Å². The molecule has 31 heavy (non-hydrogen) atoms. The zero-order valence-electron chi connectivity index (χ0n) is 18.5. The molecule has 1 N–H and O–H groups in total. The lowest BCUT2D eigenvalue weighted by molar-refractivity contribution is -0.124. The van der Waals surface area contributed by atoms with E-state index in [2.05, 4.69) is 14.9 Å². The highest BCUT2D eigenvalue weighted by Crippen LogP contribution is 2.32.